The van der Waals surface area contributed by atoms with Gasteiger partial charge in [0.15, 0.2) is 0 Å². The summed E-state index contributed by atoms with van der Waals surface area (Å²) in [5.41, 5.74) is 0.778. The Labute approximate surface area is 101 Å². The van der Waals surface area contributed by atoms with Gasteiger partial charge in [0, 0.05) is 6.54 Å². The Bertz CT molecular complexity index is 340. The van der Waals surface area contributed by atoms with E-state index in [1.165, 1.54) is 0 Å². The minimum Gasteiger partial charge on any atom is -0.507 e. The summed E-state index contributed by atoms with van der Waals surface area (Å²) < 4.78 is 10.6. The van der Waals surface area contributed by atoms with E-state index < -0.39 is 0 Å². The third-order valence-corrected chi connectivity index (χ3v) is 2.53. The number of methoxy groups -OCH3 is 1. The van der Waals surface area contributed by atoms with Gasteiger partial charge < -0.3 is 19.9 Å². The molecule has 1 aromatic carbocycles. The van der Waals surface area contributed by atoms with Crippen LogP contribution in [-0.2, 0) is 4.74 Å². The van der Waals surface area contributed by atoms with Gasteiger partial charge in [-0.25, -0.2) is 0 Å². The smallest absolute Gasteiger partial charge is 0.127 e. The van der Waals surface area contributed by atoms with E-state index in [1.807, 2.05) is 6.07 Å². The number of ether oxygens (including phenoxy) is 2. The van der Waals surface area contributed by atoms with Crippen molar-refractivity contribution in [1.82, 2.24) is 5.32 Å². The predicted molar refractivity (Wildman–Crippen MR) is 63.5 cm³/mol. The van der Waals surface area contributed by atoms with E-state index in [0.717, 1.165) is 12.1 Å². The molecule has 0 spiro atoms. The third kappa shape index (κ3) is 2.58. The minimum atomic E-state index is 0. The number of phenolic OH excluding ortho intramolecular Hbond substituents is 1. The Morgan fingerprint density at radius 1 is 1.50 bits per heavy atom. The second-order valence-electron chi connectivity index (χ2n) is 3.47. The minimum absolute atomic E-state index is 0. The van der Waals surface area contributed by atoms with E-state index in [-0.39, 0.29) is 24.2 Å². The van der Waals surface area contributed by atoms with E-state index in [2.05, 4.69) is 5.32 Å². The average Bonchev–Trinajstić information content (AvgIpc) is 2.29. The summed E-state index contributed by atoms with van der Waals surface area (Å²) in [6.45, 7) is 2.07. The number of phenols is 1. The monoisotopic (exact) mass is 245 g/mol. The molecule has 1 atom stereocenters. The van der Waals surface area contributed by atoms with E-state index in [0.29, 0.717) is 19.0 Å². The summed E-state index contributed by atoms with van der Waals surface area (Å²) in [6.07, 6.45) is 0. The fourth-order valence-electron chi connectivity index (χ4n) is 1.81. The molecule has 0 amide bonds. The Morgan fingerprint density at radius 2 is 2.31 bits per heavy atom. The van der Waals surface area contributed by atoms with Crippen LogP contribution in [0.2, 0.25) is 0 Å². The van der Waals surface area contributed by atoms with Crippen LogP contribution in [0.25, 0.3) is 0 Å². The molecule has 0 saturated carbocycles. The van der Waals surface area contributed by atoms with Crippen molar-refractivity contribution in [3.8, 4) is 11.5 Å². The molecule has 0 aromatic heterocycles. The molecule has 0 bridgehead atoms. The molecule has 1 aliphatic heterocycles. The number of aromatic hydroxyl groups is 1. The highest BCUT2D eigenvalue weighted by molar-refractivity contribution is 5.85. The van der Waals surface area contributed by atoms with Crippen LogP contribution in [0, 0.1) is 0 Å². The van der Waals surface area contributed by atoms with Crippen LogP contribution >= 0.6 is 12.4 Å². The van der Waals surface area contributed by atoms with Gasteiger partial charge in [-0.3, -0.25) is 0 Å². The van der Waals surface area contributed by atoms with Gasteiger partial charge in [0.2, 0.25) is 0 Å². The zero-order valence-corrected chi connectivity index (χ0v) is 9.92. The summed E-state index contributed by atoms with van der Waals surface area (Å²) >= 11 is 0. The van der Waals surface area contributed by atoms with Gasteiger partial charge in [-0.15, -0.1) is 12.4 Å². The van der Waals surface area contributed by atoms with Crippen molar-refractivity contribution in [3.05, 3.63) is 23.8 Å². The van der Waals surface area contributed by atoms with Gasteiger partial charge in [0.25, 0.3) is 0 Å². The molecule has 1 aromatic rings. The molecular weight excluding hydrogens is 230 g/mol. The van der Waals surface area contributed by atoms with Crippen LogP contribution in [-0.4, -0.2) is 32.0 Å². The summed E-state index contributed by atoms with van der Waals surface area (Å²) in [5, 5.41) is 13.1. The maximum atomic E-state index is 9.80. The summed E-state index contributed by atoms with van der Waals surface area (Å²) in [6, 6.07) is 5.27. The number of benzene rings is 1. The maximum absolute atomic E-state index is 9.80. The fraction of sp³-hybridized carbons (Fsp3) is 0.455. The maximum Gasteiger partial charge on any atom is 0.127 e. The van der Waals surface area contributed by atoms with Crippen molar-refractivity contribution >= 4 is 12.4 Å². The quantitative estimate of drug-likeness (QED) is 0.829. The van der Waals surface area contributed by atoms with Gasteiger partial charge in [-0.2, -0.15) is 0 Å². The zero-order chi connectivity index (χ0) is 10.7. The van der Waals surface area contributed by atoms with Gasteiger partial charge in [0.05, 0.1) is 31.9 Å². The topological polar surface area (TPSA) is 50.7 Å². The average molecular weight is 246 g/mol. The molecule has 0 unspecified atom stereocenters. The molecular formula is C11H16ClNO3. The van der Waals surface area contributed by atoms with Crippen molar-refractivity contribution in [2.24, 2.45) is 0 Å². The summed E-state index contributed by atoms with van der Waals surface area (Å²) in [4.78, 5) is 0. The van der Waals surface area contributed by atoms with Crippen LogP contribution < -0.4 is 10.1 Å². The van der Waals surface area contributed by atoms with Crippen molar-refractivity contribution in [1.29, 1.82) is 0 Å². The molecule has 0 radical (unpaired) electrons. The van der Waals surface area contributed by atoms with Crippen LogP contribution in [0.3, 0.4) is 0 Å². The van der Waals surface area contributed by atoms with Gasteiger partial charge >= 0.3 is 0 Å². The first-order valence-corrected chi connectivity index (χ1v) is 5.00. The van der Waals surface area contributed by atoms with E-state index in [4.69, 9.17) is 9.47 Å². The molecule has 2 N–H and O–H groups in total. The van der Waals surface area contributed by atoms with Gasteiger partial charge in [-0.1, -0.05) is 6.07 Å². The number of morpholine rings is 1. The largest absolute Gasteiger partial charge is 0.507 e. The van der Waals surface area contributed by atoms with Gasteiger partial charge in [0.1, 0.15) is 11.5 Å². The van der Waals surface area contributed by atoms with Crippen LogP contribution in [0.4, 0.5) is 0 Å². The normalized spacial score (nSPS) is 19.9. The molecule has 5 heteroatoms. The van der Waals surface area contributed by atoms with Crippen molar-refractivity contribution < 1.29 is 14.6 Å². The fourth-order valence-corrected chi connectivity index (χ4v) is 1.81. The Morgan fingerprint density at radius 3 is 2.94 bits per heavy atom. The van der Waals surface area contributed by atoms with Crippen LogP contribution in [0.5, 0.6) is 11.5 Å². The van der Waals surface area contributed by atoms with Crippen molar-refractivity contribution in [3.63, 3.8) is 0 Å². The van der Waals surface area contributed by atoms with Crippen LogP contribution in [0.1, 0.15) is 11.6 Å². The Balaban J connectivity index is 0.00000128. The lowest BCUT2D eigenvalue weighted by molar-refractivity contribution is 0.0752. The first-order valence-electron chi connectivity index (χ1n) is 5.00. The van der Waals surface area contributed by atoms with E-state index >= 15 is 0 Å². The Hall–Kier alpha value is -0.970. The number of hydrogen-bond acceptors (Lipinski definition) is 4. The lowest BCUT2D eigenvalue weighted by Gasteiger charge is -2.26. The molecule has 90 valence electrons. The predicted octanol–water partition coefficient (Wildman–Crippen LogP) is 1.48. The second-order valence-corrected chi connectivity index (χ2v) is 3.47. The highest BCUT2D eigenvalue weighted by atomic mass is 35.5. The Kier molecular flexibility index (Phi) is 4.86. The molecule has 0 aliphatic carbocycles. The lowest BCUT2D eigenvalue weighted by atomic mass is 10.0. The summed E-state index contributed by atoms with van der Waals surface area (Å²) in [5.74, 6) is 0.940. The molecule has 1 aliphatic rings. The zero-order valence-electron chi connectivity index (χ0n) is 9.10. The molecule has 4 nitrogen and oxygen atoms in total. The molecule has 16 heavy (non-hydrogen) atoms. The molecule has 1 heterocycles. The standard InChI is InChI=1S/C11H15NO3.ClH/c1-14-10-4-2-3-9(13)11(10)8-7-15-6-5-12-8;/h2-4,8,12-13H,5-7H2,1H3;1H/t8-;/m0./s1. The number of halogens is 1. The number of nitrogens with one attached hydrogen (secondary N) is 1. The molecule has 2 rings (SSSR count). The van der Waals surface area contributed by atoms with E-state index in [1.54, 1.807) is 19.2 Å². The van der Waals surface area contributed by atoms with Gasteiger partial charge in [-0.05, 0) is 12.1 Å². The van der Waals surface area contributed by atoms with Crippen molar-refractivity contribution in [2.45, 2.75) is 6.04 Å². The van der Waals surface area contributed by atoms with Crippen molar-refractivity contribution in [2.75, 3.05) is 26.9 Å². The highest BCUT2D eigenvalue weighted by Crippen LogP contribution is 2.33. The lowest BCUT2D eigenvalue weighted by Crippen LogP contribution is -2.34. The second kappa shape index (κ2) is 5.94. The number of hydrogen-bond donors (Lipinski definition) is 2. The van der Waals surface area contributed by atoms with E-state index in [9.17, 15) is 5.11 Å². The summed E-state index contributed by atoms with van der Waals surface area (Å²) in [7, 11) is 1.60. The van der Waals surface area contributed by atoms with Crippen LogP contribution in [0.15, 0.2) is 18.2 Å². The first-order chi connectivity index (χ1) is 7.33. The first kappa shape index (κ1) is 13.1. The SMILES string of the molecule is COc1cccc(O)c1[C@@H]1COCCN1.Cl. The third-order valence-electron chi connectivity index (χ3n) is 2.53. The molecule has 1 fully saturated rings. The highest BCUT2D eigenvalue weighted by Gasteiger charge is 2.22. The number of rotatable bonds is 2. The molecule has 1 saturated heterocycles.